The molecule has 130 valence electrons. The zero-order valence-electron chi connectivity index (χ0n) is 13.9. The Balaban J connectivity index is 0.00000264. The number of hydrogen-bond acceptors (Lipinski definition) is 5. The van der Waals surface area contributed by atoms with Gasteiger partial charge in [0.05, 0.1) is 7.11 Å². The van der Waals surface area contributed by atoms with Crippen molar-refractivity contribution in [1.29, 1.82) is 0 Å². The normalized spacial score (nSPS) is 15.1. The van der Waals surface area contributed by atoms with Crippen molar-refractivity contribution < 1.29 is 14.3 Å². The topological polar surface area (TPSA) is 50.8 Å². The van der Waals surface area contributed by atoms with Crippen LogP contribution in [0.3, 0.4) is 0 Å². The van der Waals surface area contributed by atoms with Gasteiger partial charge in [0.1, 0.15) is 5.75 Å². The van der Waals surface area contributed by atoms with Gasteiger partial charge in [-0.2, -0.15) is 0 Å². The molecule has 1 aliphatic rings. The van der Waals surface area contributed by atoms with Crippen LogP contribution in [0.5, 0.6) is 5.75 Å². The van der Waals surface area contributed by atoms with Crippen LogP contribution in [0.25, 0.3) is 0 Å². The molecule has 1 fully saturated rings. The predicted octanol–water partition coefficient (Wildman–Crippen LogP) is 2.09. The summed E-state index contributed by atoms with van der Waals surface area (Å²) in [6.07, 6.45) is 2.54. The second-order valence-electron chi connectivity index (χ2n) is 5.90. The standard InChI is InChI=1S/C17H26N2O3.ClH/c1-19(12-15-7-9-18-10-8-15)11-14-3-5-16(6-4-14)22-13-17(20)21-2;/h3-6,15,18H,7-13H2,1-2H3;1H. The largest absolute Gasteiger partial charge is 0.482 e. The van der Waals surface area contributed by atoms with Gasteiger partial charge in [0.25, 0.3) is 0 Å². The van der Waals surface area contributed by atoms with E-state index in [4.69, 9.17) is 4.74 Å². The Morgan fingerprint density at radius 1 is 1.26 bits per heavy atom. The third kappa shape index (κ3) is 7.20. The fraction of sp³-hybridized carbons (Fsp3) is 0.588. The summed E-state index contributed by atoms with van der Waals surface area (Å²) in [7, 11) is 3.52. The Labute approximate surface area is 144 Å². The van der Waals surface area contributed by atoms with E-state index in [9.17, 15) is 4.79 Å². The SMILES string of the molecule is COC(=O)COc1ccc(CN(C)CC2CCNCC2)cc1.Cl. The van der Waals surface area contributed by atoms with Crippen molar-refractivity contribution in [1.82, 2.24) is 10.2 Å². The van der Waals surface area contributed by atoms with E-state index in [2.05, 4.69) is 22.0 Å². The van der Waals surface area contributed by atoms with Gasteiger partial charge in [-0.15, -0.1) is 12.4 Å². The average molecular weight is 343 g/mol. The summed E-state index contributed by atoms with van der Waals surface area (Å²) in [5.41, 5.74) is 1.25. The van der Waals surface area contributed by atoms with Crippen molar-refractivity contribution in [3.05, 3.63) is 29.8 Å². The molecule has 0 radical (unpaired) electrons. The molecular weight excluding hydrogens is 316 g/mol. The van der Waals surface area contributed by atoms with E-state index in [-0.39, 0.29) is 25.0 Å². The van der Waals surface area contributed by atoms with E-state index in [1.807, 2.05) is 24.3 Å². The molecule has 1 aromatic carbocycles. The second-order valence-corrected chi connectivity index (χ2v) is 5.90. The number of esters is 1. The minimum absolute atomic E-state index is 0. The molecule has 0 aliphatic carbocycles. The maximum atomic E-state index is 11.0. The van der Waals surface area contributed by atoms with E-state index in [0.29, 0.717) is 5.75 Å². The molecule has 0 aromatic heterocycles. The van der Waals surface area contributed by atoms with Crippen LogP contribution < -0.4 is 10.1 Å². The van der Waals surface area contributed by atoms with Gasteiger partial charge in [0.15, 0.2) is 6.61 Å². The molecule has 1 heterocycles. The zero-order chi connectivity index (χ0) is 15.8. The molecule has 0 atom stereocenters. The summed E-state index contributed by atoms with van der Waals surface area (Å²) in [6, 6.07) is 7.89. The molecule has 0 amide bonds. The quantitative estimate of drug-likeness (QED) is 0.769. The lowest BCUT2D eigenvalue weighted by molar-refractivity contribution is -0.142. The third-order valence-electron chi connectivity index (χ3n) is 3.99. The van der Waals surface area contributed by atoms with Crippen molar-refractivity contribution in [2.75, 3.05) is 40.4 Å². The van der Waals surface area contributed by atoms with Crippen molar-refractivity contribution >= 4 is 18.4 Å². The number of methoxy groups -OCH3 is 1. The first-order chi connectivity index (χ1) is 10.7. The Kier molecular flexibility index (Phi) is 8.99. The highest BCUT2D eigenvalue weighted by atomic mass is 35.5. The van der Waals surface area contributed by atoms with Crippen LogP contribution in [0.15, 0.2) is 24.3 Å². The molecule has 5 nitrogen and oxygen atoms in total. The Morgan fingerprint density at radius 2 is 1.91 bits per heavy atom. The third-order valence-corrected chi connectivity index (χ3v) is 3.99. The number of ether oxygens (including phenoxy) is 2. The highest BCUT2D eigenvalue weighted by Gasteiger charge is 2.15. The highest BCUT2D eigenvalue weighted by molar-refractivity contribution is 5.85. The molecule has 1 aromatic rings. The lowest BCUT2D eigenvalue weighted by Gasteiger charge is -2.27. The summed E-state index contributed by atoms with van der Waals surface area (Å²) in [5, 5.41) is 3.40. The van der Waals surface area contributed by atoms with Crippen LogP contribution in [0, 0.1) is 5.92 Å². The van der Waals surface area contributed by atoms with Gasteiger partial charge in [0, 0.05) is 13.1 Å². The molecule has 23 heavy (non-hydrogen) atoms. The van der Waals surface area contributed by atoms with E-state index in [1.165, 1.54) is 25.5 Å². The summed E-state index contributed by atoms with van der Waals surface area (Å²) >= 11 is 0. The van der Waals surface area contributed by atoms with Gasteiger partial charge in [0.2, 0.25) is 0 Å². The molecule has 1 aliphatic heterocycles. The van der Waals surface area contributed by atoms with Crippen LogP contribution in [-0.4, -0.2) is 51.3 Å². The van der Waals surface area contributed by atoms with Crippen molar-refractivity contribution in [3.63, 3.8) is 0 Å². The highest BCUT2D eigenvalue weighted by Crippen LogP contribution is 2.16. The van der Waals surface area contributed by atoms with Gasteiger partial charge in [-0.1, -0.05) is 12.1 Å². The van der Waals surface area contributed by atoms with Crippen molar-refractivity contribution in [2.24, 2.45) is 5.92 Å². The Hall–Kier alpha value is -1.30. The molecule has 1 saturated heterocycles. The number of rotatable bonds is 7. The Bertz CT molecular complexity index is 461. The molecule has 1 N–H and O–H groups in total. The lowest BCUT2D eigenvalue weighted by Crippen LogP contribution is -2.34. The fourth-order valence-electron chi connectivity index (χ4n) is 2.77. The summed E-state index contributed by atoms with van der Waals surface area (Å²) in [5.74, 6) is 1.12. The van der Waals surface area contributed by atoms with E-state index < -0.39 is 0 Å². The molecule has 0 saturated carbocycles. The first kappa shape index (κ1) is 19.7. The van der Waals surface area contributed by atoms with Crippen LogP contribution in [0.4, 0.5) is 0 Å². The number of halogens is 1. The molecule has 0 unspecified atom stereocenters. The maximum Gasteiger partial charge on any atom is 0.343 e. The minimum Gasteiger partial charge on any atom is -0.482 e. The number of nitrogens with zero attached hydrogens (tertiary/aromatic N) is 1. The van der Waals surface area contributed by atoms with Crippen molar-refractivity contribution in [2.45, 2.75) is 19.4 Å². The number of piperidine rings is 1. The van der Waals surface area contributed by atoms with Gasteiger partial charge in [-0.25, -0.2) is 4.79 Å². The summed E-state index contributed by atoms with van der Waals surface area (Å²) in [4.78, 5) is 13.4. The second kappa shape index (κ2) is 10.5. The first-order valence-electron chi connectivity index (χ1n) is 7.85. The number of nitrogens with one attached hydrogen (secondary N) is 1. The van der Waals surface area contributed by atoms with E-state index in [0.717, 1.165) is 32.1 Å². The van der Waals surface area contributed by atoms with Crippen LogP contribution in [-0.2, 0) is 16.1 Å². The first-order valence-corrected chi connectivity index (χ1v) is 7.85. The lowest BCUT2D eigenvalue weighted by atomic mass is 9.97. The smallest absolute Gasteiger partial charge is 0.343 e. The molecule has 2 rings (SSSR count). The number of carbonyl (C=O) groups is 1. The number of hydrogen-bond donors (Lipinski definition) is 1. The average Bonchev–Trinajstić information content (AvgIpc) is 2.54. The van der Waals surface area contributed by atoms with E-state index >= 15 is 0 Å². The molecular formula is C17H27ClN2O3. The fourth-order valence-corrected chi connectivity index (χ4v) is 2.77. The van der Waals surface area contributed by atoms with Crippen LogP contribution in [0.1, 0.15) is 18.4 Å². The van der Waals surface area contributed by atoms with Crippen molar-refractivity contribution in [3.8, 4) is 5.75 Å². The molecule has 0 spiro atoms. The van der Waals surface area contributed by atoms with Gasteiger partial charge in [-0.05, 0) is 56.6 Å². The Morgan fingerprint density at radius 3 is 2.52 bits per heavy atom. The predicted molar refractivity (Wildman–Crippen MR) is 93.1 cm³/mol. The number of benzene rings is 1. The van der Waals surface area contributed by atoms with Crippen LogP contribution in [0.2, 0.25) is 0 Å². The summed E-state index contributed by atoms with van der Waals surface area (Å²) < 4.78 is 9.89. The number of carbonyl (C=O) groups excluding carboxylic acids is 1. The molecule has 0 bridgehead atoms. The van der Waals surface area contributed by atoms with Crippen LogP contribution >= 0.6 is 12.4 Å². The minimum atomic E-state index is -0.370. The van der Waals surface area contributed by atoms with Gasteiger partial charge >= 0.3 is 5.97 Å². The van der Waals surface area contributed by atoms with Gasteiger partial charge in [-0.3, -0.25) is 0 Å². The van der Waals surface area contributed by atoms with Gasteiger partial charge < -0.3 is 19.7 Å². The van der Waals surface area contributed by atoms with E-state index in [1.54, 1.807) is 0 Å². The zero-order valence-corrected chi connectivity index (χ0v) is 14.7. The maximum absolute atomic E-state index is 11.0. The molecule has 6 heteroatoms. The summed E-state index contributed by atoms with van der Waals surface area (Å²) in [6.45, 7) is 4.31. The monoisotopic (exact) mass is 342 g/mol.